The Labute approximate surface area is 97.1 Å². The van der Waals surface area contributed by atoms with E-state index in [0.29, 0.717) is 6.04 Å². The first kappa shape index (κ1) is 11.4. The summed E-state index contributed by atoms with van der Waals surface area (Å²) in [5.74, 6) is 0. The molecule has 1 aliphatic heterocycles. The van der Waals surface area contributed by atoms with Gasteiger partial charge >= 0.3 is 0 Å². The maximum atomic E-state index is 5.61. The second-order valence-electron chi connectivity index (χ2n) is 4.72. The maximum Gasteiger partial charge on any atom is 0.0545 e. The summed E-state index contributed by atoms with van der Waals surface area (Å²) in [5, 5.41) is 0. The number of anilines is 1. The average Bonchev–Trinajstić information content (AvgIpc) is 2.70. The number of hydrogen-bond acceptors (Lipinski definition) is 4. The second kappa shape index (κ2) is 4.80. The van der Waals surface area contributed by atoms with Crippen LogP contribution < -0.4 is 5.73 Å². The van der Waals surface area contributed by atoms with Gasteiger partial charge in [0.05, 0.1) is 17.6 Å². The van der Waals surface area contributed by atoms with Crippen LogP contribution >= 0.6 is 0 Å². The van der Waals surface area contributed by atoms with Gasteiger partial charge in [-0.05, 0) is 32.6 Å². The molecule has 0 radical (unpaired) electrons. The van der Waals surface area contributed by atoms with Crippen LogP contribution in [-0.4, -0.2) is 48.0 Å². The molecule has 2 rings (SSSR count). The lowest BCUT2D eigenvalue weighted by molar-refractivity contribution is 0.263. The standard InChI is InChI=1S/C12H20N4/c1-15(2)12-5-6-16(9-12)8-11-4-3-10(13)7-14-11/h3-4,7,12H,5-6,8-9,13H2,1-2H3/t12-/m1/s1. The molecule has 1 aliphatic rings. The monoisotopic (exact) mass is 220 g/mol. The van der Waals surface area contributed by atoms with Gasteiger partial charge in [0.15, 0.2) is 0 Å². The molecule has 0 amide bonds. The number of nitrogen functional groups attached to an aromatic ring is 1. The summed E-state index contributed by atoms with van der Waals surface area (Å²) in [4.78, 5) is 9.08. The Morgan fingerprint density at radius 1 is 1.50 bits per heavy atom. The normalized spacial score (nSPS) is 21.8. The van der Waals surface area contributed by atoms with Crippen LogP contribution in [-0.2, 0) is 6.54 Å². The van der Waals surface area contributed by atoms with Crippen molar-refractivity contribution >= 4 is 5.69 Å². The number of rotatable bonds is 3. The van der Waals surface area contributed by atoms with E-state index in [2.05, 4.69) is 28.9 Å². The number of pyridine rings is 1. The zero-order valence-electron chi connectivity index (χ0n) is 10.1. The van der Waals surface area contributed by atoms with E-state index in [-0.39, 0.29) is 0 Å². The van der Waals surface area contributed by atoms with Crippen molar-refractivity contribution in [1.29, 1.82) is 0 Å². The molecule has 0 aliphatic carbocycles. The zero-order chi connectivity index (χ0) is 11.5. The van der Waals surface area contributed by atoms with Gasteiger partial charge in [-0.2, -0.15) is 0 Å². The molecule has 4 nitrogen and oxygen atoms in total. The van der Waals surface area contributed by atoms with Crippen molar-refractivity contribution in [3.8, 4) is 0 Å². The minimum Gasteiger partial charge on any atom is -0.397 e. The molecule has 0 spiro atoms. The quantitative estimate of drug-likeness (QED) is 0.818. The van der Waals surface area contributed by atoms with Crippen molar-refractivity contribution in [3.05, 3.63) is 24.0 Å². The highest BCUT2D eigenvalue weighted by atomic mass is 15.2. The van der Waals surface area contributed by atoms with Crippen LogP contribution in [0.4, 0.5) is 5.69 Å². The Balaban J connectivity index is 1.89. The van der Waals surface area contributed by atoms with Crippen LogP contribution in [0.3, 0.4) is 0 Å². The van der Waals surface area contributed by atoms with Crippen LogP contribution in [0.25, 0.3) is 0 Å². The topological polar surface area (TPSA) is 45.4 Å². The first-order chi connectivity index (χ1) is 7.65. The van der Waals surface area contributed by atoms with Crippen LogP contribution in [0.1, 0.15) is 12.1 Å². The SMILES string of the molecule is CN(C)[C@@H]1CCN(Cc2ccc(N)cn2)C1. The summed E-state index contributed by atoms with van der Waals surface area (Å²) in [6.07, 6.45) is 2.98. The van der Waals surface area contributed by atoms with Gasteiger partial charge in [0.25, 0.3) is 0 Å². The molecule has 0 bridgehead atoms. The summed E-state index contributed by atoms with van der Waals surface area (Å²) in [5.41, 5.74) is 7.45. The molecule has 2 N–H and O–H groups in total. The Bertz CT molecular complexity index is 333. The Hall–Kier alpha value is -1.13. The summed E-state index contributed by atoms with van der Waals surface area (Å²) in [6, 6.07) is 4.62. The van der Waals surface area contributed by atoms with Gasteiger partial charge in [0, 0.05) is 25.7 Å². The molecule has 0 aromatic carbocycles. The molecule has 4 heteroatoms. The molecule has 16 heavy (non-hydrogen) atoms. The van der Waals surface area contributed by atoms with E-state index in [1.807, 2.05) is 12.1 Å². The van der Waals surface area contributed by atoms with Crippen molar-refractivity contribution in [3.63, 3.8) is 0 Å². The first-order valence-electron chi connectivity index (χ1n) is 5.74. The highest BCUT2D eigenvalue weighted by Gasteiger charge is 2.23. The van der Waals surface area contributed by atoms with E-state index >= 15 is 0 Å². The summed E-state index contributed by atoms with van der Waals surface area (Å²) in [7, 11) is 4.30. The molecule has 1 fully saturated rings. The fourth-order valence-electron chi connectivity index (χ4n) is 2.14. The number of hydrogen-bond donors (Lipinski definition) is 1. The predicted octanol–water partition coefficient (Wildman–Crippen LogP) is 0.800. The maximum absolute atomic E-state index is 5.61. The Morgan fingerprint density at radius 2 is 2.31 bits per heavy atom. The zero-order valence-corrected chi connectivity index (χ0v) is 10.1. The van der Waals surface area contributed by atoms with E-state index in [1.165, 1.54) is 6.42 Å². The van der Waals surface area contributed by atoms with Crippen molar-refractivity contribution in [2.24, 2.45) is 0 Å². The predicted molar refractivity (Wildman–Crippen MR) is 66.0 cm³/mol. The van der Waals surface area contributed by atoms with Crippen LogP contribution in [0.15, 0.2) is 18.3 Å². The highest BCUT2D eigenvalue weighted by Crippen LogP contribution is 2.15. The number of likely N-dealkylation sites (tertiary alicyclic amines) is 1. The second-order valence-corrected chi connectivity index (χ2v) is 4.72. The minimum atomic E-state index is 0.689. The summed E-state index contributed by atoms with van der Waals surface area (Å²) in [6.45, 7) is 3.23. The first-order valence-corrected chi connectivity index (χ1v) is 5.74. The van der Waals surface area contributed by atoms with Crippen molar-refractivity contribution in [2.75, 3.05) is 32.9 Å². The molecule has 2 heterocycles. The molecule has 88 valence electrons. The van der Waals surface area contributed by atoms with Gasteiger partial charge in [-0.25, -0.2) is 0 Å². The van der Waals surface area contributed by atoms with E-state index < -0.39 is 0 Å². The Kier molecular flexibility index (Phi) is 3.41. The third-order valence-corrected chi connectivity index (χ3v) is 3.21. The lowest BCUT2D eigenvalue weighted by atomic mass is 10.2. The van der Waals surface area contributed by atoms with Crippen molar-refractivity contribution in [2.45, 2.75) is 19.0 Å². The fraction of sp³-hybridized carbons (Fsp3) is 0.583. The molecule has 1 saturated heterocycles. The summed E-state index contributed by atoms with van der Waals surface area (Å²) >= 11 is 0. The summed E-state index contributed by atoms with van der Waals surface area (Å²) < 4.78 is 0. The number of nitrogens with two attached hydrogens (primary N) is 1. The molecule has 0 unspecified atom stereocenters. The molecule has 1 aromatic heterocycles. The van der Waals surface area contributed by atoms with Gasteiger partial charge in [-0.1, -0.05) is 0 Å². The van der Waals surface area contributed by atoms with Gasteiger partial charge in [0.2, 0.25) is 0 Å². The third kappa shape index (κ3) is 2.71. The van der Waals surface area contributed by atoms with Gasteiger partial charge in [-0.3, -0.25) is 9.88 Å². The van der Waals surface area contributed by atoms with Gasteiger partial charge in [-0.15, -0.1) is 0 Å². The lowest BCUT2D eigenvalue weighted by Gasteiger charge is -2.20. The van der Waals surface area contributed by atoms with Crippen molar-refractivity contribution < 1.29 is 0 Å². The van der Waals surface area contributed by atoms with E-state index in [4.69, 9.17) is 5.73 Å². The van der Waals surface area contributed by atoms with E-state index in [0.717, 1.165) is 31.0 Å². The fourth-order valence-corrected chi connectivity index (χ4v) is 2.14. The molecule has 1 aromatic rings. The van der Waals surface area contributed by atoms with Gasteiger partial charge in [0.1, 0.15) is 0 Å². The van der Waals surface area contributed by atoms with Crippen molar-refractivity contribution in [1.82, 2.24) is 14.8 Å². The largest absolute Gasteiger partial charge is 0.397 e. The number of likely N-dealkylation sites (N-methyl/N-ethyl adjacent to an activating group) is 1. The minimum absolute atomic E-state index is 0.689. The molecule has 1 atom stereocenters. The van der Waals surface area contributed by atoms with Crippen LogP contribution in [0, 0.1) is 0 Å². The smallest absolute Gasteiger partial charge is 0.0545 e. The van der Waals surface area contributed by atoms with E-state index in [9.17, 15) is 0 Å². The Morgan fingerprint density at radius 3 is 2.88 bits per heavy atom. The molecular weight excluding hydrogens is 200 g/mol. The molecule has 0 saturated carbocycles. The van der Waals surface area contributed by atoms with E-state index in [1.54, 1.807) is 6.20 Å². The number of nitrogens with zero attached hydrogens (tertiary/aromatic N) is 3. The average molecular weight is 220 g/mol. The molecular formula is C12H20N4. The van der Waals surface area contributed by atoms with Gasteiger partial charge < -0.3 is 10.6 Å². The van der Waals surface area contributed by atoms with Crippen LogP contribution in [0.2, 0.25) is 0 Å². The lowest BCUT2D eigenvalue weighted by Crippen LogP contribution is -2.31. The van der Waals surface area contributed by atoms with Crippen LogP contribution in [0.5, 0.6) is 0 Å². The highest BCUT2D eigenvalue weighted by molar-refractivity contribution is 5.34. The number of aromatic nitrogens is 1. The third-order valence-electron chi connectivity index (χ3n) is 3.21.